The van der Waals surface area contributed by atoms with Crippen LogP contribution in [0.3, 0.4) is 0 Å². The van der Waals surface area contributed by atoms with Crippen molar-refractivity contribution in [3.8, 4) is 0 Å². The molecule has 1 saturated heterocycles. The molecule has 1 aromatic rings. The van der Waals surface area contributed by atoms with E-state index in [0.29, 0.717) is 5.56 Å². The summed E-state index contributed by atoms with van der Waals surface area (Å²) >= 11 is 0. The van der Waals surface area contributed by atoms with Crippen molar-refractivity contribution in [2.75, 3.05) is 13.1 Å². The summed E-state index contributed by atoms with van der Waals surface area (Å²) in [5.41, 5.74) is 0.328. The summed E-state index contributed by atoms with van der Waals surface area (Å²) in [4.78, 5) is 10.7. The maximum Gasteiger partial charge on any atom is 0.471 e. The molecule has 5 nitrogen and oxygen atoms in total. The molecule has 0 radical (unpaired) electrons. The molecule has 0 bridgehead atoms. The zero-order chi connectivity index (χ0) is 17.4. The second-order valence-corrected chi connectivity index (χ2v) is 7.14. The molecule has 1 N–H and O–H groups in total. The van der Waals surface area contributed by atoms with Gasteiger partial charge in [-0.1, -0.05) is 6.07 Å². The highest BCUT2D eigenvalue weighted by atomic mass is 32.2. The van der Waals surface area contributed by atoms with Crippen LogP contribution in [0.1, 0.15) is 12.0 Å². The zero-order valence-electron chi connectivity index (χ0n) is 12.0. The van der Waals surface area contributed by atoms with Gasteiger partial charge in [0.2, 0.25) is 10.0 Å². The lowest BCUT2D eigenvalue weighted by molar-refractivity contribution is -0.174. The van der Waals surface area contributed by atoms with E-state index < -0.39 is 34.0 Å². The van der Waals surface area contributed by atoms with Crippen molar-refractivity contribution in [2.24, 2.45) is 0 Å². The number of benzene rings is 1. The molecule has 2 rings (SSSR count). The number of halogens is 4. The van der Waals surface area contributed by atoms with Gasteiger partial charge in [0.1, 0.15) is 5.82 Å². The first-order valence-electron chi connectivity index (χ1n) is 6.66. The monoisotopic (exact) mass is 354 g/mol. The minimum Gasteiger partial charge on any atom is -0.344 e. The van der Waals surface area contributed by atoms with Crippen LogP contribution < -0.4 is 5.32 Å². The van der Waals surface area contributed by atoms with E-state index in [-0.39, 0.29) is 24.4 Å². The molecule has 128 valence electrons. The van der Waals surface area contributed by atoms with E-state index in [1.165, 1.54) is 13.0 Å². The van der Waals surface area contributed by atoms with Crippen molar-refractivity contribution in [2.45, 2.75) is 30.5 Å². The largest absolute Gasteiger partial charge is 0.471 e. The fraction of sp³-hybridized carbons (Fsp3) is 0.462. The number of hydrogen-bond donors (Lipinski definition) is 1. The third-order valence-electron chi connectivity index (χ3n) is 3.51. The third kappa shape index (κ3) is 3.81. The number of nitrogens with zero attached hydrogens (tertiary/aromatic N) is 1. The van der Waals surface area contributed by atoms with Crippen LogP contribution in [-0.4, -0.2) is 43.9 Å². The number of amides is 1. The Morgan fingerprint density at radius 2 is 2.00 bits per heavy atom. The Morgan fingerprint density at radius 3 is 2.61 bits per heavy atom. The second kappa shape index (κ2) is 6.08. The normalized spacial score (nSPS) is 19.8. The first kappa shape index (κ1) is 17.7. The summed E-state index contributed by atoms with van der Waals surface area (Å²) < 4.78 is 75.8. The van der Waals surface area contributed by atoms with Gasteiger partial charge in [-0.25, -0.2) is 12.8 Å². The molecule has 1 heterocycles. The maximum atomic E-state index is 13.3. The topological polar surface area (TPSA) is 66.5 Å². The lowest BCUT2D eigenvalue weighted by Gasteiger charge is -2.18. The third-order valence-corrected chi connectivity index (χ3v) is 5.52. The Hall–Kier alpha value is -1.68. The van der Waals surface area contributed by atoms with E-state index in [9.17, 15) is 30.8 Å². The highest BCUT2D eigenvalue weighted by Crippen LogP contribution is 2.25. The molecule has 23 heavy (non-hydrogen) atoms. The van der Waals surface area contributed by atoms with Gasteiger partial charge in [0.25, 0.3) is 0 Å². The smallest absolute Gasteiger partial charge is 0.344 e. The lowest BCUT2D eigenvalue weighted by Crippen LogP contribution is -2.44. The van der Waals surface area contributed by atoms with Crippen LogP contribution in [0, 0.1) is 12.7 Å². The van der Waals surface area contributed by atoms with Gasteiger partial charge in [-0.15, -0.1) is 0 Å². The van der Waals surface area contributed by atoms with Gasteiger partial charge in [-0.2, -0.15) is 17.5 Å². The Bertz CT molecular complexity index is 718. The van der Waals surface area contributed by atoms with Crippen molar-refractivity contribution in [3.63, 3.8) is 0 Å². The first-order valence-corrected chi connectivity index (χ1v) is 8.10. The molecule has 0 spiro atoms. The van der Waals surface area contributed by atoms with Crippen LogP contribution in [0.4, 0.5) is 17.6 Å². The molecular weight excluding hydrogens is 340 g/mol. The highest BCUT2D eigenvalue weighted by molar-refractivity contribution is 7.89. The zero-order valence-corrected chi connectivity index (χ0v) is 12.8. The number of alkyl halides is 3. The van der Waals surface area contributed by atoms with Crippen LogP contribution >= 0.6 is 0 Å². The molecule has 1 atom stereocenters. The summed E-state index contributed by atoms with van der Waals surface area (Å²) in [6.07, 6.45) is -4.97. The number of sulfonamides is 1. The number of aryl methyl sites for hydroxylation is 1. The Balaban J connectivity index is 2.15. The van der Waals surface area contributed by atoms with Gasteiger partial charge in [0.05, 0.1) is 4.90 Å². The average molecular weight is 354 g/mol. The number of carbonyl (C=O) groups excluding carboxylic acids is 1. The lowest BCUT2D eigenvalue weighted by atomic mass is 10.2. The quantitative estimate of drug-likeness (QED) is 0.838. The van der Waals surface area contributed by atoms with Crippen LogP contribution in [0.25, 0.3) is 0 Å². The predicted molar refractivity (Wildman–Crippen MR) is 72.5 cm³/mol. The van der Waals surface area contributed by atoms with Gasteiger partial charge < -0.3 is 5.32 Å². The molecule has 0 saturated carbocycles. The van der Waals surface area contributed by atoms with Crippen LogP contribution in [0.5, 0.6) is 0 Å². The van der Waals surface area contributed by atoms with Gasteiger partial charge in [0.15, 0.2) is 0 Å². The molecule has 1 aliphatic rings. The predicted octanol–water partition coefficient (Wildman–Crippen LogP) is 1.58. The number of hydrogen-bond acceptors (Lipinski definition) is 3. The minimum absolute atomic E-state index is 0.0510. The Labute approximate surface area is 130 Å². The van der Waals surface area contributed by atoms with Gasteiger partial charge >= 0.3 is 12.1 Å². The molecule has 1 fully saturated rings. The summed E-state index contributed by atoms with van der Waals surface area (Å²) in [6.45, 7) is 1.15. The van der Waals surface area contributed by atoms with Crippen LogP contribution in [0.15, 0.2) is 23.1 Å². The average Bonchev–Trinajstić information content (AvgIpc) is 2.89. The van der Waals surface area contributed by atoms with E-state index >= 15 is 0 Å². The van der Waals surface area contributed by atoms with E-state index in [0.717, 1.165) is 16.4 Å². The SMILES string of the molecule is Cc1ccc(F)cc1S(=O)(=O)N1CCC(NC(=O)C(F)(F)F)C1. The van der Waals surface area contributed by atoms with Crippen LogP contribution in [0.2, 0.25) is 0 Å². The molecule has 0 aliphatic carbocycles. The van der Waals surface area contributed by atoms with Gasteiger partial charge in [-0.05, 0) is 31.0 Å². The molecule has 1 amide bonds. The maximum absolute atomic E-state index is 13.3. The van der Waals surface area contributed by atoms with Crippen molar-refractivity contribution >= 4 is 15.9 Å². The molecule has 1 aromatic carbocycles. The Kier molecular flexibility index (Phi) is 4.67. The molecular formula is C13H14F4N2O3S. The minimum atomic E-state index is -5.02. The van der Waals surface area contributed by atoms with Crippen molar-refractivity contribution in [1.82, 2.24) is 9.62 Å². The highest BCUT2D eigenvalue weighted by Gasteiger charge is 2.42. The van der Waals surface area contributed by atoms with E-state index in [2.05, 4.69) is 0 Å². The summed E-state index contributed by atoms with van der Waals surface area (Å²) in [7, 11) is -4.04. The fourth-order valence-corrected chi connectivity index (χ4v) is 4.06. The van der Waals surface area contributed by atoms with Gasteiger partial charge in [0, 0.05) is 19.1 Å². The second-order valence-electron chi connectivity index (χ2n) is 5.23. The first-order chi connectivity index (χ1) is 10.5. The van der Waals surface area contributed by atoms with Crippen molar-refractivity contribution in [1.29, 1.82) is 0 Å². The molecule has 1 aliphatic heterocycles. The standard InChI is InChI=1S/C13H14F4N2O3S/c1-8-2-3-9(14)6-11(8)23(21,22)19-5-4-10(7-19)18-12(20)13(15,16)17/h2-3,6,10H,4-5,7H2,1H3,(H,18,20). The van der Waals surface area contributed by atoms with E-state index in [1.807, 2.05) is 0 Å². The van der Waals surface area contributed by atoms with Crippen molar-refractivity contribution < 1.29 is 30.8 Å². The van der Waals surface area contributed by atoms with E-state index in [4.69, 9.17) is 0 Å². The number of rotatable bonds is 3. The summed E-state index contributed by atoms with van der Waals surface area (Å²) in [5.74, 6) is -2.83. The van der Waals surface area contributed by atoms with Crippen LogP contribution in [-0.2, 0) is 14.8 Å². The summed E-state index contributed by atoms with van der Waals surface area (Å²) in [6, 6.07) is 2.35. The fourth-order valence-electron chi connectivity index (χ4n) is 2.32. The molecule has 10 heteroatoms. The molecule has 0 aromatic heterocycles. The number of carbonyl (C=O) groups is 1. The van der Waals surface area contributed by atoms with E-state index in [1.54, 1.807) is 5.32 Å². The van der Waals surface area contributed by atoms with Gasteiger partial charge in [-0.3, -0.25) is 4.79 Å². The molecule has 1 unspecified atom stereocenters. The Morgan fingerprint density at radius 1 is 1.35 bits per heavy atom. The number of nitrogens with one attached hydrogen (secondary N) is 1. The van der Waals surface area contributed by atoms with Crippen molar-refractivity contribution in [3.05, 3.63) is 29.6 Å². The summed E-state index contributed by atoms with van der Waals surface area (Å²) in [5, 5.41) is 1.75.